The molecule has 7 heavy (non-hydrogen) atoms. The molecule has 0 unspecified atom stereocenters. The molecule has 0 bridgehead atoms. The third-order valence-corrected chi connectivity index (χ3v) is 1.75. The Bertz CT molecular complexity index is 125. The molecule has 0 saturated heterocycles. The molecule has 38 valence electrons. The van der Waals surface area contributed by atoms with Crippen molar-refractivity contribution in [2.45, 2.75) is 5.75 Å². The van der Waals surface area contributed by atoms with Crippen molar-refractivity contribution in [1.82, 2.24) is 10.2 Å². The second-order valence-corrected chi connectivity index (χ2v) is 2.22. The van der Waals surface area contributed by atoms with Crippen LogP contribution in [0, 0.1) is 0 Å². The second kappa shape index (κ2) is 2.28. The van der Waals surface area contributed by atoms with E-state index in [0.717, 1.165) is 5.01 Å². The van der Waals surface area contributed by atoms with E-state index in [4.69, 9.17) is 0 Å². The van der Waals surface area contributed by atoms with Crippen molar-refractivity contribution in [3.8, 4) is 0 Å². The summed E-state index contributed by atoms with van der Waals surface area (Å²) in [5.41, 5.74) is 1.70. The summed E-state index contributed by atoms with van der Waals surface area (Å²) < 4.78 is 0. The molecule has 1 rings (SSSR count). The van der Waals surface area contributed by atoms with Gasteiger partial charge in [-0.25, -0.2) is 0 Å². The van der Waals surface area contributed by atoms with E-state index in [1.54, 1.807) is 5.51 Å². The van der Waals surface area contributed by atoms with E-state index in [1.165, 1.54) is 11.3 Å². The molecule has 0 saturated carbocycles. The average Bonchev–Trinajstić information content (AvgIpc) is 2.14. The Morgan fingerprint density at radius 2 is 2.71 bits per heavy atom. The molecule has 0 aliphatic heterocycles. The van der Waals surface area contributed by atoms with Crippen molar-refractivity contribution < 1.29 is 0 Å². The van der Waals surface area contributed by atoms with Crippen molar-refractivity contribution in [3.63, 3.8) is 0 Å². The molecule has 0 fully saturated rings. The van der Waals surface area contributed by atoms with E-state index < -0.39 is 0 Å². The van der Waals surface area contributed by atoms with Crippen molar-refractivity contribution in [1.29, 1.82) is 0 Å². The van der Waals surface area contributed by atoms with E-state index in [0.29, 0.717) is 5.75 Å². The molecule has 1 aromatic rings. The van der Waals surface area contributed by atoms with Crippen LogP contribution in [0.2, 0.25) is 0 Å². The van der Waals surface area contributed by atoms with Crippen LogP contribution in [-0.2, 0) is 5.75 Å². The number of hydrogen-bond donors (Lipinski definition) is 1. The first kappa shape index (κ1) is 5.05. The van der Waals surface area contributed by atoms with Gasteiger partial charge in [-0.2, -0.15) is 12.6 Å². The van der Waals surface area contributed by atoms with Gasteiger partial charge in [0.15, 0.2) is 0 Å². The Morgan fingerprint density at radius 3 is 3.00 bits per heavy atom. The van der Waals surface area contributed by atoms with Crippen molar-refractivity contribution in [2.24, 2.45) is 0 Å². The van der Waals surface area contributed by atoms with Gasteiger partial charge in [0.25, 0.3) is 0 Å². The molecule has 4 heteroatoms. The Labute approximate surface area is 51.0 Å². The van der Waals surface area contributed by atoms with Crippen LogP contribution in [0.5, 0.6) is 0 Å². The summed E-state index contributed by atoms with van der Waals surface area (Å²) in [6, 6.07) is 0. The van der Waals surface area contributed by atoms with Crippen LogP contribution in [0.3, 0.4) is 0 Å². The minimum atomic E-state index is 0.699. The maximum Gasteiger partial charge on any atom is 0.126 e. The number of hydrogen-bond acceptors (Lipinski definition) is 4. The summed E-state index contributed by atoms with van der Waals surface area (Å²) in [6.45, 7) is 0. The quantitative estimate of drug-likeness (QED) is 0.576. The SMILES string of the molecule is SCc1nncs1. The lowest BCUT2D eigenvalue weighted by Gasteiger charge is -1.74. The van der Waals surface area contributed by atoms with Gasteiger partial charge in [-0.05, 0) is 0 Å². The van der Waals surface area contributed by atoms with Crippen LogP contribution >= 0.6 is 24.0 Å². The second-order valence-electron chi connectivity index (χ2n) is 0.991. The van der Waals surface area contributed by atoms with Crippen LogP contribution in [0.4, 0.5) is 0 Å². The van der Waals surface area contributed by atoms with Gasteiger partial charge in [0, 0.05) is 5.75 Å². The normalized spacial score (nSPS) is 9.29. The maximum atomic E-state index is 3.98. The lowest BCUT2D eigenvalue weighted by molar-refractivity contribution is 1.04. The van der Waals surface area contributed by atoms with E-state index in [2.05, 4.69) is 22.8 Å². The zero-order valence-electron chi connectivity index (χ0n) is 3.53. The minimum Gasteiger partial charge on any atom is -0.172 e. The molecule has 0 aromatic carbocycles. The van der Waals surface area contributed by atoms with Crippen LogP contribution in [0.1, 0.15) is 5.01 Å². The summed E-state index contributed by atoms with van der Waals surface area (Å²) in [5, 5.41) is 8.31. The first-order valence-corrected chi connectivity index (χ1v) is 3.30. The lowest BCUT2D eigenvalue weighted by Crippen LogP contribution is -1.71. The molecular formula is C3H4N2S2. The fraction of sp³-hybridized carbons (Fsp3) is 0.333. The third kappa shape index (κ3) is 1.14. The van der Waals surface area contributed by atoms with E-state index in [1.807, 2.05) is 0 Å². The lowest BCUT2D eigenvalue weighted by atomic mass is 10.9. The van der Waals surface area contributed by atoms with Crippen LogP contribution < -0.4 is 0 Å². The van der Waals surface area contributed by atoms with Gasteiger partial charge in [0.05, 0.1) is 0 Å². The van der Waals surface area contributed by atoms with Gasteiger partial charge < -0.3 is 0 Å². The summed E-state index contributed by atoms with van der Waals surface area (Å²) in [5.74, 6) is 0.699. The standard InChI is InChI=1S/C3H4N2S2/c6-1-3-5-4-2-7-3/h2,6H,1H2. The highest BCUT2D eigenvalue weighted by Crippen LogP contribution is 2.02. The number of aromatic nitrogens is 2. The van der Waals surface area contributed by atoms with E-state index >= 15 is 0 Å². The predicted octanol–water partition coefficient (Wildman–Crippen LogP) is 0.968. The third-order valence-electron chi connectivity index (χ3n) is 0.540. The fourth-order valence-corrected chi connectivity index (χ4v) is 0.936. The van der Waals surface area contributed by atoms with Crippen LogP contribution in [-0.4, -0.2) is 10.2 Å². The Morgan fingerprint density at radius 1 is 1.86 bits per heavy atom. The zero-order valence-corrected chi connectivity index (χ0v) is 5.25. The maximum absolute atomic E-state index is 3.98. The number of rotatable bonds is 1. The molecule has 0 amide bonds. The Hall–Kier alpha value is -0.0900. The van der Waals surface area contributed by atoms with Crippen molar-refractivity contribution >= 4 is 24.0 Å². The Balaban J connectivity index is 2.76. The van der Waals surface area contributed by atoms with Gasteiger partial charge >= 0.3 is 0 Å². The smallest absolute Gasteiger partial charge is 0.126 e. The predicted molar refractivity (Wildman–Crippen MR) is 32.6 cm³/mol. The monoisotopic (exact) mass is 132 g/mol. The van der Waals surface area contributed by atoms with Gasteiger partial charge in [-0.15, -0.1) is 21.5 Å². The first-order chi connectivity index (χ1) is 3.43. The molecule has 0 spiro atoms. The average molecular weight is 132 g/mol. The minimum absolute atomic E-state index is 0.699. The molecule has 2 nitrogen and oxygen atoms in total. The molecular weight excluding hydrogens is 128 g/mol. The van der Waals surface area contributed by atoms with Gasteiger partial charge in [-0.1, -0.05) is 0 Å². The number of nitrogens with zero attached hydrogens (tertiary/aromatic N) is 2. The van der Waals surface area contributed by atoms with Gasteiger partial charge in [-0.3, -0.25) is 0 Å². The molecule has 0 N–H and O–H groups in total. The highest BCUT2D eigenvalue weighted by molar-refractivity contribution is 7.79. The molecule has 0 radical (unpaired) electrons. The highest BCUT2D eigenvalue weighted by Gasteiger charge is 1.87. The summed E-state index contributed by atoms with van der Waals surface area (Å²) in [4.78, 5) is 0. The molecule has 0 aliphatic carbocycles. The summed E-state index contributed by atoms with van der Waals surface area (Å²) in [7, 11) is 0. The first-order valence-electron chi connectivity index (χ1n) is 1.79. The van der Waals surface area contributed by atoms with E-state index in [9.17, 15) is 0 Å². The van der Waals surface area contributed by atoms with Gasteiger partial charge in [0.1, 0.15) is 10.5 Å². The zero-order chi connectivity index (χ0) is 5.11. The Kier molecular flexibility index (Phi) is 1.64. The summed E-state index contributed by atoms with van der Waals surface area (Å²) >= 11 is 5.51. The van der Waals surface area contributed by atoms with Crippen LogP contribution in [0.15, 0.2) is 5.51 Å². The molecule has 0 atom stereocenters. The number of thiol groups is 1. The largest absolute Gasteiger partial charge is 0.172 e. The van der Waals surface area contributed by atoms with Gasteiger partial charge in [0.2, 0.25) is 0 Å². The molecule has 1 heterocycles. The van der Waals surface area contributed by atoms with Crippen molar-refractivity contribution in [2.75, 3.05) is 0 Å². The van der Waals surface area contributed by atoms with Crippen LogP contribution in [0.25, 0.3) is 0 Å². The topological polar surface area (TPSA) is 25.8 Å². The summed E-state index contributed by atoms with van der Waals surface area (Å²) in [6.07, 6.45) is 0. The van der Waals surface area contributed by atoms with E-state index in [-0.39, 0.29) is 0 Å². The molecule has 0 aliphatic rings. The van der Waals surface area contributed by atoms with Crippen molar-refractivity contribution in [3.05, 3.63) is 10.5 Å². The highest BCUT2D eigenvalue weighted by atomic mass is 32.1. The molecule has 1 aromatic heterocycles. The fourth-order valence-electron chi connectivity index (χ4n) is 0.265.